The van der Waals surface area contributed by atoms with Gasteiger partial charge < -0.3 is 9.47 Å². The topological polar surface area (TPSA) is 52.6 Å². The molecule has 1 aliphatic rings. The zero-order valence-corrected chi connectivity index (χ0v) is 31.5. The highest BCUT2D eigenvalue weighted by Gasteiger charge is 2.20. The van der Waals surface area contributed by atoms with Gasteiger partial charge in [0.2, 0.25) is 5.12 Å². The van der Waals surface area contributed by atoms with Crippen molar-refractivity contribution in [1.82, 2.24) is 0 Å². The maximum atomic E-state index is 13.3. The average molecular weight is 719 g/mol. The number of hydrogen-bond donors (Lipinski definition) is 0. The van der Waals surface area contributed by atoms with E-state index in [0.717, 1.165) is 74.4 Å². The Morgan fingerprint density at radius 3 is 2.00 bits per heavy atom. The first-order valence-electron chi connectivity index (χ1n) is 18.8. The second-order valence-electron chi connectivity index (χ2n) is 14.6. The summed E-state index contributed by atoms with van der Waals surface area (Å²) in [6.07, 6.45) is 8.37. The molecule has 4 nitrogen and oxygen atoms in total. The Kier molecular flexibility index (Phi) is 11.1. The molecule has 0 spiro atoms. The summed E-state index contributed by atoms with van der Waals surface area (Å²) < 4.78 is 11.8. The Bertz CT molecular complexity index is 2350. The molecule has 5 heteroatoms. The summed E-state index contributed by atoms with van der Waals surface area (Å²) in [7, 11) is 0. The normalized spacial score (nSPS) is 13.2. The van der Waals surface area contributed by atoms with Crippen LogP contribution in [0.1, 0.15) is 80.3 Å². The quantitative estimate of drug-likeness (QED) is 0.0348. The van der Waals surface area contributed by atoms with Crippen LogP contribution in [0.4, 0.5) is 0 Å². The molecule has 0 radical (unpaired) electrons. The van der Waals surface area contributed by atoms with Crippen molar-refractivity contribution >= 4 is 60.9 Å². The summed E-state index contributed by atoms with van der Waals surface area (Å²) in [5.41, 5.74) is 4.13. The third-order valence-corrected chi connectivity index (χ3v) is 11.2. The fourth-order valence-electron chi connectivity index (χ4n) is 6.63. The van der Waals surface area contributed by atoms with E-state index in [1.165, 1.54) is 42.2 Å². The summed E-state index contributed by atoms with van der Waals surface area (Å²) >= 11 is 1.24. The zero-order valence-electron chi connectivity index (χ0n) is 30.7. The van der Waals surface area contributed by atoms with E-state index in [1.54, 1.807) is 0 Å². The molecule has 6 aromatic rings. The molecule has 1 fully saturated rings. The Hall–Kier alpha value is -5.13. The number of hydrogen-bond acceptors (Lipinski definition) is 5. The Morgan fingerprint density at radius 1 is 0.698 bits per heavy atom. The van der Waals surface area contributed by atoms with Crippen molar-refractivity contribution in [1.29, 1.82) is 0 Å². The fourth-order valence-corrected chi connectivity index (χ4v) is 7.41. The summed E-state index contributed by atoms with van der Waals surface area (Å²) in [5.74, 6) is 3.00. The first kappa shape index (κ1) is 36.2. The van der Waals surface area contributed by atoms with Crippen LogP contribution in [-0.2, 0) is 11.2 Å². The molecule has 1 unspecified atom stereocenters. The van der Waals surface area contributed by atoms with Gasteiger partial charge in [0.05, 0.1) is 0 Å². The molecule has 0 aliphatic heterocycles. The molecule has 1 aliphatic carbocycles. The molecule has 1 atom stereocenters. The molecular weight excluding hydrogens is 673 g/mol. The van der Waals surface area contributed by atoms with Crippen molar-refractivity contribution in [2.75, 3.05) is 0 Å². The highest BCUT2D eigenvalue weighted by Crippen LogP contribution is 2.35. The molecule has 0 heterocycles. The predicted molar refractivity (Wildman–Crippen MR) is 221 cm³/mol. The van der Waals surface area contributed by atoms with Gasteiger partial charge in [0.15, 0.2) is 0 Å². The van der Waals surface area contributed by atoms with Gasteiger partial charge in [0.1, 0.15) is 17.3 Å². The molecule has 1 saturated carbocycles. The molecule has 7 rings (SSSR count). The summed E-state index contributed by atoms with van der Waals surface area (Å²) in [6, 6.07) is 36.1. The molecule has 53 heavy (non-hydrogen) atoms. The third-order valence-electron chi connectivity index (χ3n) is 10.3. The van der Waals surface area contributed by atoms with Crippen molar-refractivity contribution in [3.05, 3.63) is 145 Å². The smallest absolute Gasteiger partial charge is 0.311 e. The van der Waals surface area contributed by atoms with Gasteiger partial charge in [0, 0.05) is 22.4 Å². The summed E-state index contributed by atoms with van der Waals surface area (Å²) in [5, 5.41) is 6.23. The molecule has 0 bridgehead atoms. The summed E-state index contributed by atoms with van der Waals surface area (Å²) in [4.78, 5) is 26.5. The minimum absolute atomic E-state index is 0.0183. The molecule has 0 amide bonds. The van der Waals surface area contributed by atoms with Crippen LogP contribution in [-0.4, -0.2) is 11.1 Å². The van der Waals surface area contributed by atoms with Crippen LogP contribution in [0.15, 0.2) is 133 Å². The number of thioether (sulfide) groups is 1. The summed E-state index contributed by atoms with van der Waals surface area (Å²) in [6.45, 7) is 12.8. The van der Waals surface area contributed by atoms with Crippen molar-refractivity contribution < 1.29 is 19.1 Å². The van der Waals surface area contributed by atoms with Gasteiger partial charge in [-0.2, -0.15) is 0 Å². The highest BCUT2D eigenvalue weighted by atomic mass is 32.2. The minimum atomic E-state index is -0.201. The van der Waals surface area contributed by atoms with Crippen molar-refractivity contribution in [3.63, 3.8) is 0 Å². The maximum absolute atomic E-state index is 13.3. The monoisotopic (exact) mass is 718 g/mol. The van der Waals surface area contributed by atoms with Gasteiger partial charge in [0.25, 0.3) is 0 Å². The number of rotatable bonds is 15. The van der Waals surface area contributed by atoms with Crippen molar-refractivity contribution in [3.8, 4) is 11.5 Å². The number of carbonyl (C=O) groups is 2. The number of ether oxygens (including phenoxy) is 2. The van der Waals surface area contributed by atoms with Gasteiger partial charge in [-0.3, -0.25) is 9.59 Å². The Balaban J connectivity index is 0.953. The first-order chi connectivity index (χ1) is 25.7. The SMILES string of the molecule is C=C(CCC1CC1)Cc1ccc2cc(C(=O)Sc3ccc4cc(OC(=C)c5ccc6cc(OC(=O)CCC(C)CC)ccc6c5)ccc4c3)ccc2c1. The van der Waals surface area contributed by atoms with E-state index >= 15 is 0 Å². The largest absolute Gasteiger partial charge is 0.457 e. The second-order valence-corrected chi connectivity index (χ2v) is 15.7. The van der Waals surface area contributed by atoms with Crippen LogP contribution in [0.25, 0.3) is 38.1 Å². The van der Waals surface area contributed by atoms with E-state index in [4.69, 9.17) is 9.47 Å². The number of benzene rings is 6. The number of fused-ring (bicyclic) bond motifs is 3. The second kappa shape index (κ2) is 16.3. The van der Waals surface area contributed by atoms with Gasteiger partial charge in [-0.15, -0.1) is 0 Å². The Labute approximate surface area is 316 Å². The Morgan fingerprint density at radius 2 is 1.28 bits per heavy atom. The van der Waals surface area contributed by atoms with Crippen LogP contribution >= 0.6 is 11.8 Å². The number of esters is 1. The lowest BCUT2D eigenvalue weighted by molar-refractivity contribution is -0.134. The zero-order chi connectivity index (χ0) is 36.9. The molecule has 0 saturated heterocycles. The van der Waals surface area contributed by atoms with E-state index < -0.39 is 0 Å². The predicted octanol–water partition coefficient (Wildman–Crippen LogP) is 13.1. The molecule has 0 aromatic heterocycles. The van der Waals surface area contributed by atoms with Crippen molar-refractivity contribution in [2.24, 2.45) is 11.8 Å². The van der Waals surface area contributed by atoms with Gasteiger partial charge in [-0.1, -0.05) is 106 Å². The van der Waals surface area contributed by atoms with E-state index in [2.05, 4.69) is 51.3 Å². The van der Waals surface area contributed by atoms with Crippen molar-refractivity contribution in [2.45, 2.75) is 70.1 Å². The van der Waals surface area contributed by atoms with E-state index in [9.17, 15) is 9.59 Å². The van der Waals surface area contributed by atoms with Gasteiger partial charge in [-0.05, 0) is 142 Å². The molecule has 268 valence electrons. The molecule has 6 aromatic carbocycles. The average Bonchev–Trinajstić information content (AvgIpc) is 4.00. The number of allylic oxidation sites excluding steroid dienone is 1. The van der Waals surface area contributed by atoms with Crippen LogP contribution in [0.2, 0.25) is 0 Å². The van der Waals surface area contributed by atoms with Gasteiger partial charge >= 0.3 is 5.97 Å². The van der Waals surface area contributed by atoms with Crippen LogP contribution in [0.3, 0.4) is 0 Å². The first-order valence-corrected chi connectivity index (χ1v) is 19.6. The standard InChI is InChI=1S/C48H46O4S/c1-5-31(2)7-23-47(49)52-45-21-17-39-26-36(13-14-40(39)29-45)33(4)51-44-20-18-42-30-46(22-19-41(42)28-44)53-48(50)43-16-15-37-25-35(11-12-38(37)27-43)24-32(3)6-8-34-9-10-34/h11-22,25-31,34H,3-10,23-24H2,1-2H3. The fraction of sp³-hybridized carbons (Fsp3) is 0.250. The van der Waals surface area contributed by atoms with Crippen LogP contribution in [0, 0.1) is 11.8 Å². The third kappa shape index (κ3) is 9.46. The van der Waals surface area contributed by atoms with E-state index in [1.807, 2.05) is 84.9 Å². The van der Waals surface area contributed by atoms with E-state index in [0.29, 0.717) is 35.2 Å². The molecule has 0 N–H and O–H groups in total. The van der Waals surface area contributed by atoms with E-state index in [-0.39, 0.29) is 11.1 Å². The van der Waals surface area contributed by atoms with Gasteiger partial charge in [-0.25, -0.2) is 0 Å². The van der Waals surface area contributed by atoms with Crippen LogP contribution < -0.4 is 9.47 Å². The lowest BCUT2D eigenvalue weighted by atomic mass is 9.98. The molecular formula is C48H46O4S. The lowest BCUT2D eigenvalue weighted by Crippen LogP contribution is -2.09. The number of carbonyl (C=O) groups excluding carboxylic acids is 2. The van der Waals surface area contributed by atoms with Crippen LogP contribution in [0.5, 0.6) is 11.5 Å². The highest BCUT2D eigenvalue weighted by molar-refractivity contribution is 8.14. The minimum Gasteiger partial charge on any atom is -0.457 e. The maximum Gasteiger partial charge on any atom is 0.311 e. The lowest BCUT2D eigenvalue weighted by Gasteiger charge is -2.12.